The van der Waals surface area contributed by atoms with Crippen molar-refractivity contribution in [1.29, 1.82) is 5.26 Å². The molecule has 33 heavy (non-hydrogen) atoms. The van der Waals surface area contributed by atoms with E-state index in [1.165, 1.54) is 24.3 Å². The number of nitriles is 1. The summed E-state index contributed by atoms with van der Waals surface area (Å²) in [7, 11) is 0. The zero-order chi connectivity index (χ0) is 23.1. The minimum atomic E-state index is 0.226. The van der Waals surface area contributed by atoms with Gasteiger partial charge in [0.25, 0.3) is 0 Å². The lowest BCUT2D eigenvalue weighted by atomic mass is 9.66. The first kappa shape index (κ1) is 22.1. The number of likely N-dealkylation sites (tertiary alicyclic amines) is 1. The molecule has 7 heteroatoms. The number of piperidine rings is 1. The van der Waals surface area contributed by atoms with Crippen LogP contribution < -0.4 is 5.32 Å². The van der Waals surface area contributed by atoms with E-state index in [0.29, 0.717) is 17.9 Å². The first-order valence-electron chi connectivity index (χ1n) is 12.3. The summed E-state index contributed by atoms with van der Waals surface area (Å²) in [4.78, 5) is 12.1. The van der Waals surface area contributed by atoms with Crippen LogP contribution in [0, 0.1) is 23.2 Å². The van der Waals surface area contributed by atoms with Crippen molar-refractivity contribution in [2.75, 3.05) is 6.54 Å². The molecule has 2 aliphatic heterocycles. The van der Waals surface area contributed by atoms with E-state index in [4.69, 9.17) is 14.5 Å². The van der Waals surface area contributed by atoms with Crippen molar-refractivity contribution in [3.8, 4) is 6.07 Å². The van der Waals surface area contributed by atoms with Crippen LogP contribution in [0.5, 0.6) is 0 Å². The fourth-order valence-electron chi connectivity index (χ4n) is 5.78. The van der Waals surface area contributed by atoms with Crippen LogP contribution in [0.25, 0.3) is 0 Å². The maximum atomic E-state index is 9.18. The summed E-state index contributed by atoms with van der Waals surface area (Å²) in [6.45, 7) is 9.58. The number of fused-ring (bicyclic) bond motifs is 1. The number of hydrogen-bond acceptors (Lipinski definition) is 7. The highest BCUT2D eigenvalue weighted by Gasteiger charge is 2.48. The quantitative estimate of drug-likeness (QED) is 0.735. The van der Waals surface area contributed by atoms with E-state index in [1.807, 2.05) is 18.4 Å². The minimum Gasteiger partial charge on any atom is -0.356 e. The zero-order valence-electron chi connectivity index (χ0n) is 20.0. The van der Waals surface area contributed by atoms with Gasteiger partial charge in [0.2, 0.25) is 5.89 Å². The predicted octanol–water partition coefficient (Wildman–Crippen LogP) is 4.45. The number of aromatic nitrogens is 2. The Hall–Kier alpha value is -2.72. The Morgan fingerprint density at radius 2 is 2.12 bits per heavy atom. The molecule has 1 saturated heterocycles. The number of amidine groups is 1. The second-order valence-corrected chi connectivity index (χ2v) is 10.3. The molecule has 0 spiro atoms. The van der Waals surface area contributed by atoms with Gasteiger partial charge in [-0.2, -0.15) is 10.2 Å². The molecule has 0 radical (unpaired) electrons. The van der Waals surface area contributed by atoms with Crippen molar-refractivity contribution < 1.29 is 4.52 Å². The molecule has 6 atom stereocenters. The molecule has 5 rings (SSSR count). The first-order chi connectivity index (χ1) is 16.0. The van der Waals surface area contributed by atoms with Gasteiger partial charge in [-0.15, -0.1) is 0 Å². The third-order valence-corrected chi connectivity index (χ3v) is 7.95. The Bertz CT molecular complexity index is 1060. The summed E-state index contributed by atoms with van der Waals surface area (Å²) in [5.41, 5.74) is 1.99. The molecule has 3 heterocycles. The fourth-order valence-corrected chi connectivity index (χ4v) is 5.78. The second-order valence-electron chi connectivity index (χ2n) is 10.3. The van der Waals surface area contributed by atoms with Gasteiger partial charge in [0, 0.05) is 54.2 Å². The van der Waals surface area contributed by atoms with E-state index in [9.17, 15) is 5.26 Å². The van der Waals surface area contributed by atoms with Gasteiger partial charge < -0.3 is 14.7 Å². The van der Waals surface area contributed by atoms with E-state index in [1.54, 1.807) is 0 Å². The van der Waals surface area contributed by atoms with Crippen LogP contribution in [-0.4, -0.2) is 45.5 Å². The van der Waals surface area contributed by atoms with Crippen LogP contribution in [0.1, 0.15) is 76.9 Å². The number of nitrogens with zero attached hydrogens (tertiary/aromatic N) is 5. The van der Waals surface area contributed by atoms with Crippen LogP contribution in [0.2, 0.25) is 0 Å². The molecule has 0 amide bonds. The lowest BCUT2D eigenvalue weighted by Gasteiger charge is -2.53. The van der Waals surface area contributed by atoms with Gasteiger partial charge in [0.1, 0.15) is 5.84 Å². The highest BCUT2D eigenvalue weighted by Crippen LogP contribution is 2.48. The molecule has 4 aliphatic rings. The number of allylic oxidation sites excluding steroid dienone is 2. The summed E-state index contributed by atoms with van der Waals surface area (Å²) >= 11 is 0. The summed E-state index contributed by atoms with van der Waals surface area (Å²) in [6, 6.07) is 3.24. The van der Waals surface area contributed by atoms with Crippen molar-refractivity contribution in [3.63, 3.8) is 0 Å². The third-order valence-electron chi connectivity index (χ3n) is 7.95. The number of hydrogen-bond donors (Lipinski definition) is 1. The highest BCUT2D eigenvalue weighted by atomic mass is 16.5. The summed E-state index contributed by atoms with van der Waals surface area (Å²) in [6.07, 6.45) is 12.5. The molecular weight excluding hydrogens is 412 g/mol. The Balaban J connectivity index is 1.26. The van der Waals surface area contributed by atoms with Gasteiger partial charge >= 0.3 is 0 Å². The maximum Gasteiger partial charge on any atom is 0.230 e. The van der Waals surface area contributed by atoms with Gasteiger partial charge in [-0.3, -0.25) is 0 Å². The van der Waals surface area contributed by atoms with Crippen LogP contribution in [0.15, 0.2) is 45.1 Å². The third kappa shape index (κ3) is 4.06. The standard InChI is InChI=1S/C26H34N6O/c1-15(2)24-30-26(33-31-24)20-10-12-32(23-8-6-19(20)23)25-17(4)22(9-11-28-25)29-21-7-5-18(14-27)13-16(21)3/h5,9,11,13,15,17,19-23,29H,6-8,10,12H2,1-4H3. The van der Waals surface area contributed by atoms with Crippen LogP contribution in [-0.2, 0) is 0 Å². The number of nitrogens with one attached hydrogen (secondary N) is 1. The average Bonchev–Trinajstić information content (AvgIpc) is 3.27. The van der Waals surface area contributed by atoms with E-state index in [2.05, 4.69) is 55.2 Å². The lowest BCUT2D eigenvalue weighted by Crippen LogP contribution is -2.59. The maximum absolute atomic E-state index is 9.18. The van der Waals surface area contributed by atoms with Gasteiger partial charge in [0.15, 0.2) is 5.82 Å². The van der Waals surface area contributed by atoms with E-state index < -0.39 is 0 Å². The molecule has 6 unspecified atom stereocenters. The molecule has 0 aromatic carbocycles. The fraction of sp³-hybridized carbons (Fsp3) is 0.615. The van der Waals surface area contributed by atoms with Gasteiger partial charge in [-0.05, 0) is 50.7 Å². The monoisotopic (exact) mass is 446 g/mol. The van der Waals surface area contributed by atoms with Crippen molar-refractivity contribution >= 4 is 5.84 Å². The normalized spacial score (nSPS) is 33.6. The molecule has 1 saturated carbocycles. The van der Waals surface area contributed by atoms with E-state index in [0.717, 1.165) is 36.7 Å². The molecule has 0 bridgehead atoms. The molecule has 2 aliphatic carbocycles. The predicted molar refractivity (Wildman–Crippen MR) is 127 cm³/mol. The van der Waals surface area contributed by atoms with Crippen LogP contribution in [0.3, 0.4) is 0 Å². The Morgan fingerprint density at radius 1 is 1.27 bits per heavy atom. The Labute approximate surface area is 196 Å². The first-order valence-corrected chi connectivity index (χ1v) is 12.3. The molecule has 174 valence electrons. The molecule has 1 N–H and O–H groups in total. The topological polar surface area (TPSA) is 90.3 Å². The lowest BCUT2D eigenvalue weighted by molar-refractivity contribution is 0.0376. The van der Waals surface area contributed by atoms with Crippen molar-refractivity contribution in [1.82, 2.24) is 20.4 Å². The Morgan fingerprint density at radius 3 is 2.79 bits per heavy atom. The van der Waals surface area contributed by atoms with Gasteiger partial charge in [-0.25, -0.2) is 4.99 Å². The molecule has 1 aromatic rings. The van der Waals surface area contributed by atoms with E-state index in [-0.39, 0.29) is 23.9 Å². The van der Waals surface area contributed by atoms with Crippen LogP contribution >= 0.6 is 0 Å². The summed E-state index contributed by atoms with van der Waals surface area (Å²) in [5.74, 6) is 4.34. The average molecular weight is 447 g/mol. The Kier molecular flexibility index (Phi) is 5.96. The number of rotatable bonds is 4. The number of aliphatic imine (C=N–C) groups is 1. The smallest absolute Gasteiger partial charge is 0.230 e. The second kappa shape index (κ2) is 8.90. The molecule has 7 nitrogen and oxygen atoms in total. The van der Waals surface area contributed by atoms with Crippen molar-refractivity contribution in [2.45, 2.75) is 83.3 Å². The van der Waals surface area contributed by atoms with E-state index >= 15 is 0 Å². The van der Waals surface area contributed by atoms with Crippen molar-refractivity contribution in [3.05, 3.63) is 47.3 Å². The SMILES string of the molecule is CC1=CC(C#N)=CCC1NC1C=CN=C(N2CCC(c3nc(C(C)C)no3)C3CCC32)C1C. The summed E-state index contributed by atoms with van der Waals surface area (Å²) in [5, 5.41) is 17.2. The summed E-state index contributed by atoms with van der Waals surface area (Å²) < 4.78 is 5.69. The van der Waals surface area contributed by atoms with Crippen molar-refractivity contribution in [2.24, 2.45) is 16.8 Å². The minimum absolute atomic E-state index is 0.226. The highest BCUT2D eigenvalue weighted by molar-refractivity contribution is 5.87. The zero-order valence-corrected chi connectivity index (χ0v) is 20.0. The van der Waals surface area contributed by atoms with Crippen LogP contribution in [0.4, 0.5) is 0 Å². The van der Waals surface area contributed by atoms with Gasteiger partial charge in [0.05, 0.1) is 6.07 Å². The molecule has 2 fully saturated rings. The molecular formula is C26H34N6O. The largest absolute Gasteiger partial charge is 0.356 e. The molecule has 1 aromatic heterocycles. The van der Waals surface area contributed by atoms with Gasteiger partial charge in [-0.1, -0.05) is 37.6 Å².